The number of carbonyl (C=O) groups is 1. The predicted octanol–water partition coefficient (Wildman–Crippen LogP) is 4.50. The lowest BCUT2D eigenvalue weighted by Gasteiger charge is -2.22. The summed E-state index contributed by atoms with van der Waals surface area (Å²) < 4.78 is 4.90. The van der Waals surface area contributed by atoms with Crippen LogP contribution >= 0.6 is 0 Å². The van der Waals surface area contributed by atoms with Gasteiger partial charge in [-0.1, -0.05) is 39.8 Å². The van der Waals surface area contributed by atoms with Gasteiger partial charge < -0.3 is 4.74 Å². The molecular weight excluding hydrogens is 224 g/mol. The Morgan fingerprint density at radius 2 is 1.78 bits per heavy atom. The molecule has 0 aliphatic heterocycles. The summed E-state index contributed by atoms with van der Waals surface area (Å²) in [7, 11) is 1.44. The summed E-state index contributed by atoms with van der Waals surface area (Å²) >= 11 is 0. The van der Waals surface area contributed by atoms with Crippen LogP contribution in [-0.2, 0) is 4.74 Å². The quantitative estimate of drug-likeness (QED) is 0.717. The zero-order chi connectivity index (χ0) is 13.7. The average molecular weight is 248 g/mol. The van der Waals surface area contributed by atoms with Crippen LogP contribution in [0.15, 0.2) is 18.2 Å². The highest BCUT2D eigenvalue weighted by atomic mass is 16.5. The molecule has 1 aromatic rings. The molecule has 100 valence electrons. The topological polar surface area (TPSA) is 26.3 Å². The predicted molar refractivity (Wildman–Crippen MR) is 75.2 cm³/mol. The lowest BCUT2D eigenvalue weighted by molar-refractivity contribution is 0.0598. The molecule has 0 radical (unpaired) electrons. The molecule has 0 amide bonds. The van der Waals surface area contributed by atoms with E-state index >= 15 is 0 Å². The first kappa shape index (κ1) is 14.7. The molecule has 0 heterocycles. The molecule has 0 aromatic heterocycles. The van der Waals surface area contributed by atoms with Crippen molar-refractivity contribution in [2.24, 2.45) is 0 Å². The van der Waals surface area contributed by atoms with Crippen molar-refractivity contribution in [3.63, 3.8) is 0 Å². The molecule has 2 nitrogen and oxygen atoms in total. The summed E-state index contributed by atoms with van der Waals surface area (Å²) in [4.78, 5) is 11.9. The van der Waals surface area contributed by atoms with Crippen molar-refractivity contribution in [2.75, 3.05) is 7.11 Å². The summed E-state index contributed by atoms with van der Waals surface area (Å²) in [5, 5.41) is 0. The average Bonchev–Trinajstić information content (AvgIpc) is 2.43. The highest BCUT2D eigenvalue weighted by Crippen LogP contribution is 2.32. The smallest absolute Gasteiger partial charge is 0.338 e. The summed E-state index contributed by atoms with van der Waals surface area (Å²) in [5.74, 6) is 0.623. The Labute approximate surface area is 110 Å². The van der Waals surface area contributed by atoms with E-state index in [0.717, 1.165) is 18.4 Å². The van der Waals surface area contributed by atoms with Gasteiger partial charge in [-0.15, -0.1) is 0 Å². The molecule has 0 saturated carbocycles. The molecule has 1 rings (SSSR count). The summed E-state index contributed by atoms with van der Waals surface area (Å²) in [5.41, 5.74) is 3.18. The van der Waals surface area contributed by atoms with Crippen LogP contribution in [0, 0.1) is 0 Å². The molecule has 2 unspecified atom stereocenters. The minimum Gasteiger partial charge on any atom is -0.465 e. The monoisotopic (exact) mass is 248 g/mol. The second-order valence-corrected chi connectivity index (χ2v) is 4.92. The van der Waals surface area contributed by atoms with E-state index < -0.39 is 0 Å². The van der Waals surface area contributed by atoms with Gasteiger partial charge in [0.15, 0.2) is 0 Å². The summed E-state index contributed by atoms with van der Waals surface area (Å²) in [6.07, 6.45) is 2.10. The highest BCUT2D eigenvalue weighted by molar-refractivity contribution is 5.91. The Hall–Kier alpha value is -1.31. The molecule has 0 aliphatic carbocycles. The van der Waals surface area contributed by atoms with E-state index in [1.54, 1.807) is 0 Å². The van der Waals surface area contributed by atoms with E-state index in [1.165, 1.54) is 18.2 Å². The van der Waals surface area contributed by atoms with Gasteiger partial charge >= 0.3 is 5.97 Å². The number of methoxy groups -OCH3 is 1. The molecule has 0 spiro atoms. The van der Waals surface area contributed by atoms with Gasteiger partial charge in [-0.3, -0.25) is 0 Å². The minimum absolute atomic E-state index is 0.226. The number of hydrogen-bond donors (Lipinski definition) is 0. The van der Waals surface area contributed by atoms with Gasteiger partial charge in [0, 0.05) is 0 Å². The van der Waals surface area contributed by atoms with Gasteiger partial charge in [0.25, 0.3) is 0 Å². The lowest BCUT2D eigenvalue weighted by atomic mass is 9.83. The van der Waals surface area contributed by atoms with Crippen LogP contribution in [0.25, 0.3) is 0 Å². The van der Waals surface area contributed by atoms with Gasteiger partial charge in [-0.25, -0.2) is 4.79 Å². The van der Waals surface area contributed by atoms with Crippen molar-refractivity contribution in [1.82, 2.24) is 0 Å². The van der Waals surface area contributed by atoms with E-state index in [4.69, 9.17) is 4.74 Å². The maximum Gasteiger partial charge on any atom is 0.338 e. The molecule has 2 heteroatoms. The van der Waals surface area contributed by atoms with Gasteiger partial charge in [-0.2, -0.15) is 0 Å². The molecule has 0 fully saturated rings. The maximum atomic E-state index is 11.9. The zero-order valence-electron chi connectivity index (χ0n) is 12.1. The van der Waals surface area contributed by atoms with E-state index in [9.17, 15) is 4.79 Å². The summed E-state index contributed by atoms with van der Waals surface area (Å²) in [6.45, 7) is 8.71. The van der Waals surface area contributed by atoms with Gasteiger partial charge in [0.1, 0.15) is 0 Å². The highest BCUT2D eigenvalue weighted by Gasteiger charge is 2.21. The van der Waals surface area contributed by atoms with Crippen molar-refractivity contribution in [3.8, 4) is 0 Å². The molecule has 2 atom stereocenters. The Morgan fingerprint density at radius 3 is 2.28 bits per heavy atom. The number of rotatable bonds is 5. The van der Waals surface area contributed by atoms with E-state index in [0.29, 0.717) is 11.8 Å². The van der Waals surface area contributed by atoms with Gasteiger partial charge in [-0.05, 0) is 41.9 Å². The third-order valence-electron chi connectivity index (χ3n) is 3.79. The first-order chi connectivity index (χ1) is 8.56. The van der Waals surface area contributed by atoms with Crippen LogP contribution in [0.1, 0.15) is 73.9 Å². The molecule has 1 aromatic carbocycles. The van der Waals surface area contributed by atoms with Gasteiger partial charge in [0.05, 0.1) is 12.7 Å². The first-order valence-electron chi connectivity index (χ1n) is 6.77. The fourth-order valence-electron chi connectivity index (χ4n) is 2.27. The third-order valence-corrected chi connectivity index (χ3v) is 3.79. The number of esters is 1. The number of carbonyl (C=O) groups excluding carboxylic acids is 1. The Balaban J connectivity index is 3.39. The van der Waals surface area contributed by atoms with Crippen LogP contribution in [0.2, 0.25) is 0 Å². The second kappa shape index (κ2) is 6.58. The van der Waals surface area contributed by atoms with Crippen molar-refractivity contribution >= 4 is 5.97 Å². The lowest BCUT2D eigenvalue weighted by Crippen LogP contribution is -2.12. The molecule has 0 N–H and O–H groups in total. The van der Waals surface area contributed by atoms with E-state index in [1.807, 2.05) is 12.1 Å². The molecule has 0 bridgehead atoms. The largest absolute Gasteiger partial charge is 0.465 e. The Bertz CT molecular complexity index is 410. The number of ether oxygens (including phenoxy) is 1. The SMILES string of the molecule is CCC(C)c1cccc(C(=O)OC)c1C(C)CC. The van der Waals surface area contributed by atoms with Crippen molar-refractivity contribution in [2.45, 2.75) is 52.4 Å². The number of benzene rings is 1. The van der Waals surface area contributed by atoms with Crippen LogP contribution in [0.3, 0.4) is 0 Å². The fourth-order valence-corrected chi connectivity index (χ4v) is 2.27. The van der Waals surface area contributed by atoms with E-state index in [-0.39, 0.29) is 5.97 Å². The van der Waals surface area contributed by atoms with Crippen molar-refractivity contribution in [3.05, 3.63) is 34.9 Å². The zero-order valence-corrected chi connectivity index (χ0v) is 12.1. The molecule has 18 heavy (non-hydrogen) atoms. The van der Waals surface area contributed by atoms with Gasteiger partial charge in [0.2, 0.25) is 0 Å². The van der Waals surface area contributed by atoms with Crippen molar-refractivity contribution in [1.29, 1.82) is 0 Å². The molecule has 0 aliphatic rings. The minimum atomic E-state index is -0.226. The Morgan fingerprint density at radius 1 is 1.17 bits per heavy atom. The van der Waals surface area contributed by atoms with Crippen LogP contribution in [-0.4, -0.2) is 13.1 Å². The van der Waals surface area contributed by atoms with E-state index in [2.05, 4.69) is 33.8 Å². The Kier molecular flexibility index (Phi) is 5.39. The number of hydrogen-bond acceptors (Lipinski definition) is 2. The fraction of sp³-hybridized carbons (Fsp3) is 0.562. The molecular formula is C16H24O2. The van der Waals surface area contributed by atoms with Crippen molar-refractivity contribution < 1.29 is 9.53 Å². The maximum absolute atomic E-state index is 11.9. The van der Waals surface area contributed by atoms with Crippen LogP contribution < -0.4 is 0 Å². The summed E-state index contributed by atoms with van der Waals surface area (Å²) in [6, 6.07) is 5.97. The standard InChI is InChI=1S/C16H24O2/c1-6-11(3)13-9-8-10-14(16(17)18-5)15(13)12(4)7-2/h8-12H,6-7H2,1-5H3. The third kappa shape index (κ3) is 2.92. The van der Waals surface area contributed by atoms with Crippen LogP contribution in [0.5, 0.6) is 0 Å². The first-order valence-corrected chi connectivity index (χ1v) is 6.77. The normalized spacial score (nSPS) is 14.1. The second-order valence-electron chi connectivity index (χ2n) is 4.92. The van der Waals surface area contributed by atoms with Crippen LogP contribution in [0.4, 0.5) is 0 Å². The molecule has 0 saturated heterocycles.